The highest BCUT2D eigenvalue weighted by molar-refractivity contribution is 7.97. The SMILES string of the molecule is COC(=O)N[C@H](CSN=O)C(=O)O. The Bertz CT molecular complexity index is 209. The Morgan fingerprint density at radius 2 is 2.31 bits per heavy atom. The van der Waals surface area contributed by atoms with Crippen LogP contribution in [-0.4, -0.2) is 36.1 Å². The molecule has 0 aromatic carbocycles. The minimum atomic E-state index is -1.25. The number of carbonyl (C=O) groups is 2. The van der Waals surface area contributed by atoms with Crippen LogP contribution in [0.4, 0.5) is 4.79 Å². The van der Waals surface area contributed by atoms with E-state index < -0.39 is 18.1 Å². The van der Waals surface area contributed by atoms with E-state index in [0.29, 0.717) is 11.9 Å². The van der Waals surface area contributed by atoms with E-state index >= 15 is 0 Å². The summed E-state index contributed by atoms with van der Waals surface area (Å²) >= 11 is 0.515. The van der Waals surface area contributed by atoms with Gasteiger partial charge in [-0.25, -0.2) is 9.59 Å². The second kappa shape index (κ2) is 6.23. The minimum Gasteiger partial charge on any atom is -0.480 e. The molecule has 2 N–H and O–H groups in total. The van der Waals surface area contributed by atoms with Crippen LogP contribution < -0.4 is 5.32 Å². The van der Waals surface area contributed by atoms with Crippen molar-refractivity contribution in [3.8, 4) is 0 Å². The minimum absolute atomic E-state index is 0.131. The van der Waals surface area contributed by atoms with Crippen LogP contribution >= 0.6 is 11.9 Å². The molecule has 0 bridgehead atoms. The lowest BCUT2D eigenvalue weighted by Crippen LogP contribution is -2.42. The van der Waals surface area contributed by atoms with Crippen LogP contribution in [-0.2, 0) is 9.53 Å². The first-order chi connectivity index (χ1) is 6.11. The Kier molecular flexibility index (Phi) is 5.60. The maximum Gasteiger partial charge on any atom is 0.407 e. The number of rotatable bonds is 5. The monoisotopic (exact) mass is 208 g/mol. The molecule has 74 valence electrons. The summed E-state index contributed by atoms with van der Waals surface area (Å²) in [6.45, 7) is 0. The molecule has 0 aromatic heterocycles. The molecule has 0 saturated heterocycles. The van der Waals surface area contributed by atoms with Gasteiger partial charge in [-0.2, -0.15) is 0 Å². The third kappa shape index (κ3) is 5.01. The maximum atomic E-state index is 10.6. The van der Waals surface area contributed by atoms with Crippen molar-refractivity contribution >= 4 is 24.0 Å². The maximum absolute atomic E-state index is 10.6. The number of nitrogens with zero attached hydrogens (tertiary/aromatic N) is 1. The Hall–Kier alpha value is -1.31. The summed E-state index contributed by atoms with van der Waals surface area (Å²) in [5, 5.41) is 10.5. The van der Waals surface area contributed by atoms with Gasteiger partial charge < -0.3 is 15.2 Å². The van der Waals surface area contributed by atoms with Gasteiger partial charge >= 0.3 is 12.1 Å². The van der Waals surface area contributed by atoms with Crippen molar-refractivity contribution in [2.45, 2.75) is 6.04 Å². The van der Waals surface area contributed by atoms with Crippen LogP contribution in [0.3, 0.4) is 0 Å². The number of hydrogen-bond acceptors (Lipinski definition) is 6. The number of methoxy groups -OCH3 is 1. The number of carboxylic acid groups (broad SMARTS) is 1. The summed E-state index contributed by atoms with van der Waals surface area (Å²) in [6, 6.07) is -1.17. The summed E-state index contributed by atoms with van der Waals surface area (Å²) in [6.07, 6.45) is -0.862. The van der Waals surface area contributed by atoms with E-state index in [-0.39, 0.29) is 5.75 Å². The van der Waals surface area contributed by atoms with Crippen LogP contribution in [0.5, 0.6) is 0 Å². The van der Waals surface area contributed by atoms with E-state index in [1.165, 1.54) is 0 Å². The predicted octanol–water partition coefficient (Wildman–Crippen LogP) is 0.210. The molecule has 0 radical (unpaired) electrons. The van der Waals surface area contributed by atoms with Crippen LogP contribution in [0.1, 0.15) is 0 Å². The lowest BCUT2D eigenvalue weighted by atomic mass is 10.3. The van der Waals surface area contributed by atoms with Gasteiger partial charge in [-0.05, 0) is 0 Å². The molecule has 0 fully saturated rings. The number of alkyl carbamates (subject to hydrolysis) is 1. The van der Waals surface area contributed by atoms with Gasteiger partial charge in [0.1, 0.15) is 6.04 Å². The highest BCUT2D eigenvalue weighted by Crippen LogP contribution is 2.03. The third-order valence-corrected chi connectivity index (χ3v) is 1.66. The van der Waals surface area contributed by atoms with Crippen molar-refractivity contribution in [2.75, 3.05) is 12.9 Å². The highest BCUT2D eigenvalue weighted by atomic mass is 32.2. The lowest BCUT2D eigenvalue weighted by Gasteiger charge is -2.10. The molecule has 13 heavy (non-hydrogen) atoms. The standard InChI is InChI=1S/C5H8N2O5S/c1-12-5(10)6-3(4(8)9)2-13-7-11/h3H,2H2,1H3,(H,6,10)(H,8,9)/t3-/m1/s1. The fourth-order valence-electron chi connectivity index (χ4n) is 0.481. The molecule has 0 aliphatic rings. The van der Waals surface area contributed by atoms with E-state index in [0.717, 1.165) is 7.11 Å². The summed E-state index contributed by atoms with van der Waals surface area (Å²) in [4.78, 5) is 30.7. The Labute approximate surface area is 77.9 Å². The molecular weight excluding hydrogens is 200 g/mol. The number of nitrogens with one attached hydrogen (secondary N) is 1. The zero-order chi connectivity index (χ0) is 10.3. The van der Waals surface area contributed by atoms with Gasteiger partial charge in [-0.1, -0.05) is 0 Å². The first-order valence-corrected chi connectivity index (χ1v) is 4.08. The molecule has 0 heterocycles. The predicted molar refractivity (Wildman–Crippen MR) is 45.2 cm³/mol. The Balaban J connectivity index is 4.01. The van der Waals surface area contributed by atoms with Crippen molar-refractivity contribution in [2.24, 2.45) is 4.58 Å². The van der Waals surface area contributed by atoms with E-state index in [9.17, 15) is 14.5 Å². The van der Waals surface area contributed by atoms with Crippen molar-refractivity contribution in [3.63, 3.8) is 0 Å². The van der Waals surface area contributed by atoms with Crippen LogP contribution in [0, 0.1) is 4.91 Å². The van der Waals surface area contributed by atoms with Gasteiger partial charge in [0, 0.05) is 22.3 Å². The van der Waals surface area contributed by atoms with Gasteiger partial charge in [0.25, 0.3) is 0 Å². The average molecular weight is 208 g/mol. The zero-order valence-corrected chi connectivity index (χ0v) is 7.54. The first-order valence-electron chi connectivity index (χ1n) is 3.13. The number of nitroso groups, excluding NO2 is 1. The number of hydrogen-bond donors (Lipinski definition) is 2. The fourth-order valence-corrected chi connectivity index (χ4v) is 0.917. The molecule has 0 aliphatic carbocycles. The number of carbonyl (C=O) groups excluding carboxylic acids is 1. The fraction of sp³-hybridized carbons (Fsp3) is 0.600. The molecule has 0 aromatic rings. The summed E-state index contributed by atoms with van der Waals surface area (Å²) in [5.41, 5.74) is 0. The van der Waals surface area contributed by atoms with Gasteiger partial charge in [-0.3, -0.25) is 0 Å². The third-order valence-electron chi connectivity index (χ3n) is 1.07. The topological polar surface area (TPSA) is 105 Å². The second-order valence-corrected chi connectivity index (χ2v) is 2.64. The van der Waals surface area contributed by atoms with Crippen LogP contribution in [0.25, 0.3) is 0 Å². The smallest absolute Gasteiger partial charge is 0.407 e. The molecule has 0 saturated carbocycles. The number of carboxylic acids is 1. The summed E-state index contributed by atoms with van der Waals surface area (Å²) in [7, 11) is 1.11. The number of aliphatic carboxylic acids is 1. The van der Waals surface area contributed by atoms with Gasteiger partial charge in [0.05, 0.1) is 7.11 Å². The first kappa shape index (κ1) is 11.7. The molecular formula is C5H8N2O5S. The van der Waals surface area contributed by atoms with Gasteiger partial charge in [-0.15, -0.1) is 4.91 Å². The van der Waals surface area contributed by atoms with Crippen molar-refractivity contribution in [3.05, 3.63) is 4.91 Å². The number of ether oxygens (including phenoxy) is 1. The van der Waals surface area contributed by atoms with Crippen LogP contribution in [0.15, 0.2) is 4.58 Å². The zero-order valence-electron chi connectivity index (χ0n) is 6.72. The Morgan fingerprint density at radius 3 is 2.69 bits per heavy atom. The van der Waals surface area contributed by atoms with Crippen molar-refractivity contribution in [1.82, 2.24) is 5.32 Å². The van der Waals surface area contributed by atoms with E-state index in [1.54, 1.807) is 0 Å². The summed E-state index contributed by atoms with van der Waals surface area (Å²) in [5.74, 6) is -1.38. The molecule has 7 nitrogen and oxygen atoms in total. The van der Waals surface area contributed by atoms with E-state index in [4.69, 9.17) is 5.11 Å². The molecule has 0 aliphatic heterocycles. The van der Waals surface area contributed by atoms with E-state index in [1.807, 2.05) is 5.32 Å². The van der Waals surface area contributed by atoms with Gasteiger partial charge in [0.15, 0.2) is 0 Å². The van der Waals surface area contributed by atoms with Crippen molar-refractivity contribution < 1.29 is 19.4 Å². The second-order valence-electron chi connectivity index (χ2n) is 1.90. The summed E-state index contributed by atoms with van der Waals surface area (Å²) < 4.78 is 6.58. The molecule has 1 amide bonds. The molecule has 0 unspecified atom stereocenters. The largest absolute Gasteiger partial charge is 0.480 e. The number of amides is 1. The van der Waals surface area contributed by atoms with Crippen molar-refractivity contribution in [1.29, 1.82) is 0 Å². The van der Waals surface area contributed by atoms with E-state index in [2.05, 4.69) is 9.32 Å². The average Bonchev–Trinajstić information content (AvgIpc) is 2.11. The lowest BCUT2D eigenvalue weighted by molar-refractivity contribution is -0.138. The molecule has 0 rings (SSSR count). The van der Waals surface area contributed by atoms with Crippen LogP contribution in [0.2, 0.25) is 0 Å². The quantitative estimate of drug-likeness (QED) is 0.494. The normalized spacial score (nSPS) is 11.5. The molecule has 1 atom stereocenters. The van der Waals surface area contributed by atoms with Gasteiger partial charge in [0.2, 0.25) is 0 Å². The molecule has 8 heteroatoms. The Morgan fingerprint density at radius 1 is 1.69 bits per heavy atom. The molecule has 0 spiro atoms. The highest BCUT2D eigenvalue weighted by Gasteiger charge is 2.20.